The molecule has 32 heavy (non-hydrogen) atoms. The molecule has 0 spiro atoms. The Bertz CT molecular complexity index is 791. The molecule has 0 saturated carbocycles. The number of hydrogen-bond acceptors (Lipinski definition) is 5. The molecule has 1 saturated heterocycles. The highest BCUT2D eigenvalue weighted by Gasteiger charge is 2.38. The summed E-state index contributed by atoms with van der Waals surface area (Å²) in [5.41, 5.74) is 0.693. The number of halogens is 3. The number of nitrogens with one attached hydrogen (secondary N) is 3. The van der Waals surface area contributed by atoms with Crippen LogP contribution < -0.4 is 20.7 Å². The lowest BCUT2D eigenvalue weighted by Gasteiger charge is -2.28. The summed E-state index contributed by atoms with van der Waals surface area (Å²) >= 11 is 0. The van der Waals surface area contributed by atoms with E-state index in [1.54, 1.807) is 37.5 Å². The summed E-state index contributed by atoms with van der Waals surface area (Å²) in [5, 5.41) is 16.0. The number of carbonyl (C=O) groups is 3. The van der Waals surface area contributed by atoms with Crippen molar-refractivity contribution >= 4 is 23.5 Å². The molecular weight excluding hydrogens is 431 g/mol. The lowest BCUT2D eigenvalue weighted by molar-refractivity contribution is -0.192. The van der Waals surface area contributed by atoms with Gasteiger partial charge in [-0.25, -0.2) is 4.79 Å². The standard InChI is InChI=1S/C19H27N3O3.C2HF3O2/c1-13(2)12-15(22-19(24)17-10-11-20-17)6-9-18(23)21-14-4-7-16(25-3)8-5-14;3-2(4,5)1(6)7/h4-9,13,15,17,20H,10-12H2,1-3H3,(H,21,23)(H,22,24);(H,6,7)/b9-6+;/t15-,17+;/m1./s1. The van der Waals surface area contributed by atoms with E-state index in [0.29, 0.717) is 11.6 Å². The van der Waals surface area contributed by atoms with Crippen LogP contribution >= 0.6 is 0 Å². The molecular formula is C21H28F3N3O5. The summed E-state index contributed by atoms with van der Waals surface area (Å²) in [6.45, 7) is 5.06. The number of carbonyl (C=O) groups excluding carboxylic acids is 2. The van der Waals surface area contributed by atoms with Crippen molar-refractivity contribution in [2.24, 2.45) is 5.92 Å². The van der Waals surface area contributed by atoms with E-state index in [4.69, 9.17) is 14.6 Å². The van der Waals surface area contributed by atoms with Gasteiger partial charge in [-0.1, -0.05) is 19.9 Å². The van der Waals surface area contributed by atoms with Crippen molar-refractivity contribution < 1.29 is 37.4 Å². The molecule has 1 aromatic carbocycles. The molecule has 0 aliphatic carbocycles. The van der Waals surface area contributed by atoms with Crippen LogP contribution in [-0.4, -0.2) is 54.8 Å². The maximum atomic E-state index is 12.1. The van der Waals surface area contributed by atoms with E-state index in [0.717, 1.165) is 25.1 Å². The minimum Gasteiger partial charge on any atom is -0.497 e. The highest BCUT2D eigenvalue weighted by atomic mass is 19.4. The van der Waals surface area contributed by atoms with Crippen LogP contribution in [0.5, 0.6) is 5.75 Å². The van der Waals surface area contributed by atoms with E-state index in [9.17, 15) is 22.8 Å². The minimum absolute atomic E-state index is 0.00267. The van der Waals surface area contributed by atoms with Crippen LogP contribution in [0.2, 0.25) is 0 Å². The van der Waals surface area contributed by atoms with Crippen LogP contribution in [0, 0.1) is 5.92 Å². The van der Waals surface area contributed by atoms with Gasteiger partial charge >= 0.3 is 12.1 Å². The Kier molecular flexibility index (Phi) is 10.7. The number of alkyl halides is 3. The van der Waals surface area contributed by atoms with Crippen LogP contribution in [0.25, 0.3) is 0 Å². The fourth-order valence-electron chi connectivity index (χ4n) is 2.55. The highest BCUT2D eigenvalue weighted by molar-refractivity contribution is 5.99. The van der Waals surface area contributed by atoms with Gasteiger partial charge in [0.05, 0.1) is 13.2 Å². The smallest absolute Gasteiger partial charge is 0.490 e. The van der Waals surface area contributed by atoms with Gasteiger partial charge in [0.25, 0.3) is 0 Å². The van der Waals surface area contributed by atoms with Crippen molar-refractivity contribution in [2.75, 3.05) is 19.0 Å². The second kappa shape index (κ2) is 12.7. The molecule has 1 aliphatic rings. The van der Waals surface area contributed by atoms with Crippen molar-refractivity contribution in [3.05, 3.63) is 36.4 Å². The van der Waals surface area contributed by atoms with Gasteiger partial charge in [-0.15, -0.1) is 0 Å². The Morgan fingerprint density at radius 2 is 1.81 bits per heavy atom. The molecule has 1 fully saturated rings. The largest absolute Gasteiger partial charge is 0.497 e. The first-order chi connectivity index (χ1) is 14.9. The molecule has 2 atom stereocenters. The molecule has 0 radical (unpaired) electrons. The van der Waals surface area contributed by atoms with Gasteiger partial charge in [-0.3, -0.25) is 9.59 Å². The molecule has 0 unspecified atom stereocenters. The maximum absolute atomic E-state index is 12.1. The molecule has 178 valence electrons. The van der Waals surface area contributed by atoms with Gasteiger partial charge in [-0.2, -0.15) is 13.2 Å². The average Bonchev–Trinajstić information content (AvgIpc) is 2.64. The molecule has 2 amide bonds. The summed E-state index contributed by atoms with van der Waals surface area (Å²) in [6, 6.07) is 6.87. The van der Waals surface area contributed by atoms with E-state index < -0.39 is 12.1 Å². The zero-order valence-corrected chi connectivity index (χ0v) is 18.0. The monoisotopic (exact) mass is 459 g/mol. The summed E-state index contributed by atoms with van der Waals surface area (Å²) in [7, 11) is 1.60. The molecule has 1 aromatic rings. The van der Waals surface area contributed by atoms with Crippen LogP contribution in [0.15, 0.2) is 36.4 Å². The van der Waals surface area contributed by atoms with Crippen molar-refractivity contribution in [2.45, 2.75) is 44.9 Å². The average molecular weight is 459 g/mol. The molecule has 0 aromatic heterocycles. The Balaban J connectivity index is 0.000000633. The van der Waals surface area contributed by atoms with E-state index in [2.05, 4.69) is 29.8 Å². The topological polar surface area (TPSA) is 117 Å². The van der Waals surface area contributed by atoms with Crippen LogP contribution in [0.4, 0.5) is 18.9 Å². The van der Waals surface area contributed by atoms with Crippen molar-refractivity contribution in [3.63, 3.8) is 0 Å². The number of ether oxygens (including phenoxy) is 1. The second-order valence-electron chi connectivity index (χ2n) is 7.42. The molecule has 4 N–H and O–H groups in total. The van der Waals surface area contributed by atoms with Gasteiger partial charge in [0, 0.05) is 17.8 Å². The zero-order chi connectivity index (χ0) is 24.3. The molecule has 8 nitrogen and oxygen atoms in total. The first kappa shape index (κ1) is 27.0. The molecule has 1 aliphatic heterocycles. The van der Waals surface area contributed by atoms with Gasteiger partial charge in [-0.05, 0) is 49.6 Å². The van der Waals surface area contributed by atoms with Gasteiger partial charge in [0.15, 0.2) is 0 Å². The Labute approximate surface area is 184 Å². The van der Waals surface area contributed by atoms with Crippen LogP contribution in [0.1, 0.15) is 26.7 Å². The van der Waals surface area contributed by atoms with E-state index in [1.165, 1.54) is 6.08 Å². The number of amides is 2. The van der Waals surface area contributed by atoms with Gasteiger partial charge in [0.2, 0.25) is 11.8 Å². The number of carboxylic acids is 1. The molecule has 2 rings (SSSR count). The molecule has 0 bridgehead atoms. The van der Waals surface area contributed by atoms with E-state index in [-0.39, 0.29) is 23.9 Å². The van der Waals surface area contributed by atoms with Crippen LogP contribution in [-0.2, 0) is 14.4 Å². The summed E-state index contributed by atoms with van der Waals surface area (Å²) in [4.78, 5) is 33.1. The lowest BCUT2D eigenvalue weighted by Crippen LogP contribution is -2.55. The zero-order valence-electron chi connectivity index (χ0n) is 18.0. The van der Waals surface area contributed by atoms with Gasteiger partial charge in [0.1, 0.15) is 5.75 Å². The second-order valence-corrected chi connectivity index (χ2v) is 7.42. The van der Waals surface area contributed by atoms with Gasteiger partial charge < -0.3 is 25.8 Å². The maximum Gasteiger partial charge on any atom is 0.490 e. The number of anilines is 1. The molecule has 11 heteroatoms. The molecule has 1 heterocycles. The quantitative estimate of drug-likeness (QED) is 0.444. The highest BCUT2D eigenvalue weighted by Crippen LogP contribution is 2.15. The van der Waals surface area contributed by atoms with Crippen LogP contribution in [0.3, 0.4) is 0 Å². The number of hydrogen-bond donors (Lipinski definition) is 4. The third-order valence-electron chi connectivity index (χ3n) is 4.27. The third kappa shape index (κ3) is 10.3. The number of benzene rings is 1. The third-order valence-corrected chi connectivity index (χ3v) is 4.27. The summed E-state index contributed by atoms with van der Waals surface area (Å²) in [6.07, 6.45) is -0.201. The fourth-order valence-corrected chi connectivity index (χ4v) is 2.55. The number of aliphatic carboxylic acids is 1. The fraction of sp³-hybridized carbons (Fsp3) is 0.476. The Hall–Kier alpha value is -3.08. The van der Waals surface area contributed by atoms with Crippen molar-refractivity contribution in [1.29, 1.82) is 0 Å². The minimum atomic E-state index is -5.08. The van der Waals surface area contributed by atoms with E-state index in [1.807, 2.05) is 0 Å². The SMILES string of the molecule is COc1ccc(NC(=O)/C=C/[C@H](CC(C)C)NC(=O)[C@@H]2CCN2)cc1.O=C(O)C(F)(F)F. The predicted octanol–water partition coefficient (Wildman–Crippen LogP) is 2.72. The van der Waals surface area contributed by atoms with Crippen molar-refractivity contribution in [3.8, 4) is 5.75 Å². The summed E-state index contributed by atoms with van der Waals surface area (Å²) < 4.78 is 36.8. The normalized spacial score (nSPS) is 16.4. The Morgan fingerprint density at radius 1 is 1.25 bits per heavy atom. The van der Waals surface area contributed by atoms with E-state index >= 15 is 0 Å². The van der Waals surface area contributed by atoms with Crippen molar-refractivity contribution in [1.82, 2.24) is 10.6 Å². The predicted molar refractivity (Wildman–Crippen MR) is 112 cm³/mol. The Morgan fingerprint density at radius 3 is 2.22 bits per heavy atom. The number of methoxy groups -OCH3 is 1. The first-order valence-corrected chi connectivity index (χ1v) is 9.89. The lowest BCUT2D eigenvalue weighted by atomic mass is 10.0. The number of carboxylic acid groups (broad SMARTS) is 1. The summed E-state index contributed by atoms with van der Waals surface area (Å²) in [5.74, 6) is -1.84. The number of rotatable bonds is 8. The first-order valence-electron chi connectivity index (χ1n) is 9.89.